The highest BCUT2D eigenvalue weighted by Gasteiger charge is 2.08. The van der Waals surface area contributed by atoms with Gasteiger partial charge in [-0.15, -0.1) is 0 Å². The third-order valence-corrected chi connectivity index (χ3v) is 4.65. The van der Waals surface area contributed by atoms with Crippen LogP contribution >= 0.6 is 11.3 Å². The number of hydrogen-bond donors (Lipinski definition) is 2. The van der Waals surface area contributed by atoms with Crippen LogP contribution in [0.3, 0.4) is 0 Å². The normalized spacial score (nSPS) is 11.8. The van der Waals surface area contributed by atoms with Crippen LogP contribution < -0.4 is 10.6 Å². The molecule has 0 radical (unpaired) electrons. The van der Waals surface area contributed by atoms with Crippen molar-refractivity contribution in [3.05, 3.63) is 57.8 Å². The Labute approximate surface area is 147 Å². The second kappa shape index (κ2) is 9.23. The van der Waals surface area contributed by atoms with Crippen molar-refractivity contribution in [1.29, 1.82) is 0 Å². The van der Waals surface area contributed by atoms with E-state index < -0.39 is 0 Å². The molecule has 24 heavy (non-hydrogen) atoms. The maximum Gasteiger partial charge on any atom is 0.251 e. The smallest absolute Gasteiger partial charge is 0.251 e. The van der Waals surface area contributed by atoms with Gasteiger partial charge in [-0.2, -0.15) is 11.3 Å². The summed E-state index contributed by atoms with van der Waals surface area (Å²) in [4.78, 5) is 23.9. The average Bonchev–Trinajstić information content (AvgIpc) is 3.12. The van der Waals surface area contributed by atoms with E-state index in [-0.39, 0.29) is 17.9 Å². The summed E-state index contributed by atoms with van der Waals surface area (Å²) in [5.74, 6) is -0.0181. The second-order valence-corrected chi connectivity index (χ2v) is 6.67. The monoisotopic (exact) mass is 344 g/mol. The molecule has 2 aromatic rings. The molecule has 2 amide bonds. The predicted molar refractivity (Wildman–Crippen MR) is 98.1 cm³/mol. The molecule has 0 aliphatic rings. The van der Waals surface area contributed by atoms with Crippen LogP contribution in [0.1, 0.15) is 48.2 Å². The minimum Gasteiger partial charge on any atom is -0.352 e. The van der Waals surface area contributed by atoms with E-state index in [4.69, 9.17) is 0 Å². The Morgan fingerprint density at radius 2 is 1.88 bits per heavy atom. The lowest BCUT2D eigenvalue weighted by molar-refractivity contribution is -0.121. The molecule has 0 saturated heterocycles. The summed E-state index contributed by atoms with van der Waals surface area (Å²) in [6.45, 7) is 4.50. The molecule has 1 heterocycles. The molecular formula is C19H24N2O2S. The topological polar surface area (TPSA) is 58.2 Å². The molecule has 0 aliphatic heterocycles. The van der Waals surface area contributed by atoms with Crippen LogP contribution in [0.5, 0.6) is 0 Å². The van der Waals surface area contributed by atoms with Gasteiger partial charge >= 0.3 is 0 Å². The van der Waals surface area contributed by atoms with Crippen LogP contribution in [0, 0.1) is 0 Å². The maximum atomic E-state index is 12.0. The molecular weight excluding hydrogens is 320 g/mol. The summed E-state index contributed by atoms with van der Waals surface area (Å²) in [5.41, 5.74) is 2.83. The van der Waals surface area contributed by atoms with Gasteiger partial charge in [0, 0.05) is 24.6 Å². The van der Waals surface area contributed by atoms with Crippen LogP contribution in [0.25, 0.3) is 0 Å². The fourth-order valence-corrected chi connectivity index (χ4v) is 2.87. The van der Waals surface area contributed by atoms with Crippen molar-refractivity contribution in [2.24, 2.45) is 0 Å². The van der Waals surface area contributed by atoms with Crippen molar-refractivity contribution >= 4 is 23.2 Å². The van der Waals surface area contributed by atoms with E-state index in [0.717, 1.165) is 18.4 Å². The van der Waals surface area contributed by atoms with Gasteiger partial charge in [0.05, 0.1) is 0 Å². The number of carbonyl (C=O) groups excluding carboxylic acids is 2. The molecule has 0 aliphatic carbocycles. The van der Waals surface area contributed by atoms with Gasteiger partial charge in [0.1, 0.15) is 0 Å². The summed E-state index contributed by atoms with van der Waals surface area (Å²) in [5, 5.41) is 9.94. The fourth-order valence-electron chi connectivity index (χ4n) is 2.16. The number of hydrogen-bond acceptors (Lipinski definition) is 3. The zero-order valence-corrected chi connectivity index (χ0v) is 15.0. The van der Waals surface area contributed by atoms with E-state index in [2.05, 4.69) is 16.0 Å². The number of rotatable bonds is 8. The Bertz CT molecular complexity index is 651. The van der Waals surface area contributed by atoms with Gasteiger partial charge in [-0.1, -0.05) is 19.1 Å². The highest BCUT2D eigenvalue weighted by atomic mass is 32.1. The molecule has 1 atom stereocenters. The minimum absolute atomic E-state index is 0.0415. The van der Waals surface area contributed by atoms with Gasteiger partial charge in [0.15, 0.2) is 0 Å². The standard InChI is InChI=1S/C19H24N2O2S/c1-3-14(2)21-19(23)17-7-4-15(5-8-17)12-20-18(22)9-6-16-10-11-24-13-16/h4-5,7-8,10-11,13-14H,3,6,9,12H2,1-2H3,(H,20,22)(H,21,23)/t14-/m1/s1. The molecule has 0 saturated carbocycles. The SMILES string of the molecule is CC[C@@H](C)NC(=O)c1ccc(CNC(=O)CCc2ccsc2)cc1. The van der Waals surface area contributed by atoms with Crippen molar-refractivity contribution in [2.45, 2.75) is 45.7 Å². The molecule has 2 N–H and O–H groups in total. The van der Waals surface area contributed by atoms with Crippen molar-refractivity contribution in [2.75, 3.05) is 0 Å². The Kier molecular flexibility index (Phi) is 7.00. The van der Waals surface area contributed by atoms with E-state index in [9.17, 15) is 9.59 Å². The molecule has 1 aromatic heterocycles. The first-order valence-electron chi connectivity index (χ1n) is 8.26. The lowest BCUT2D eigenvalue weighted by atomic mass is 10.1. The minimum atomic E-state index is -0.0595. The zero-order chi connectivity index (χ0) is 17.4. The lowest BCUT2D eigenvalue weighted by Crippen LogP contribution is -2.31. The summed E-state index contributed by atoms with van der Waals surface area (Å²) in [7, 11) is 0. The van der Waals surface area contributed by atoms with Crippen LogP contribution in [-0.2, 0) is 17.8 Å². The molecule has 0 spiro atoms. The fraction of sp³-hybridized carbons (Fsp3) is 0.368. The quantitative estimate of drug-likeness (QED) is 0.770. The molecule has 2 rings (SSSR count). The van der Waals surface area contributed by atoms with E-state index in [1.165, 1.54) is 5.56 Å². The number of aryl methyl sites for hydroxylation is 1. The average molecular weight is 344 g/mol. The van der Waals surface area contributed by atoms with Crippen LogP contribution in [0.2, 0.25) is 0 Å². The first-order chi connectivity index (χ1) is 11.6. The number of thiophene rings is 1. The van der Waals surface area contributed by atoms with Crippen LogP contribution in [-0.4, -0.2) is 17.9 Å². The first-order valence-corrected chi connectivity index (χ1v) is 9.20. The largest absolute Gasteiger partial charge is 0.352 e. The van der Waals surface area contributed by atoms with Crippen molar-refractivity contribution < 1.29 is 9.59 Å². The van der Waals surface area contributed by atoms with Gasteiger partial charge in [0.2, 0.25) is 5.91 Å². The van der Waals surface area contributed by atoms with Crippen LogP contribution in [0.4, 0.5) is 0 Å². The van der Waals surface area contributed by atoms with E-state index in [0.29, 0.717) is 18.5 Å². The number of carbonyl (C=O) groups is 2. The van der Waals surface area contributed by atoms with Gasteiger partial charge in [0.25, 0.3) is 5.91 Å². The number of amides is 2. The van der Waals surface area contributed by atoms with E-state index >= 15 is 0 Å². The highest BCUT2D eigenvalue weighted by molar-refractivity contribution is 7.07. The van der Waals surface area contributed by atoms with E-state index in [1.807, 2.05) is 37.4 Å². The van der Waals surface area contributed by atoms with E-state index in [1.54, 1.807) is 23.5 Å². The van der Waals surface area contributed by atoms with Crippen LogP contribution in [0.15, 0.2) is 41.1 Å². The lowest BCUT2D eigenvalue weighted by Gasteiger charge is -2.11. The van der Waals surface area contributed by atoms with Crippen molar-refractivity contribution in [3.63, 3.8) is 0 Å². The Morgan fingerprint density at radius 1 is 1.12 bits per heavy atom. The van der Waals surface area contributed by atoms with Crippen molar-refractivity contribution in [1.82, 2.24) is 10.6 Å². The molecule has 1 aromatic carbocycles. The molecule has 128 valence electrons. The highest BCUT2D eigenvalue weighted by Crippen LogP contribution is 2.09. The zero-order valence-electron chi connectivity index (χ0n) is 14.2. The second-order valence-electron chi connectivity index (χ2n) is 5.89. The molecule has 0 bridgehead atoms. The Hall–Kier alpha value is -2.14. The third kappa shape index (κ3) is 5.81. The third-order valence-electron chi connectivity index (χ3n) is 3.92. The maximum absolute atomic E-state index is 12.0. The molecule has 0 fully saturated rings. The Balaban J connectivity index is 1.76. The number of benzene rings is 1. The number of nitrogens with one attached hydrogen (secondary N) is 2. The Morgan fingerprint density at radius 3 is 2.50 bits per heavy atom. The van der Waals surface area contributed by atoms with Gasteiger partial charge < -0.3 is 10.6 Å². The summed E-state index contributed by atoms with van der Waals surface area (Å²) in [6.07, 6.45) is 2.16. The van der Waals surface area contributed by atoms with Crippen molar-refractivity contribution in [3.8, 4) is 0 Å². The summed E-state index contributed by atoms with van der Waals surface area (Å²) >= 11 is 1.65. The van der Waals surface area contributed by atoms with Gasteiger partial charge in [-0.25, -0.2) is 0 Å². The predicted octanol–water partition coefficient (Wildman–Crippen LogP) is 3.53. The molecule has 4 nitrogen and oxygen atoms in total. The summed E-state index contributed by atoms with van der Waals surface area (Å²) < 4.78 is 0. The van der Waals surface area contributed by atoms with Gasteiger partial charge in [-0.3, -0.25) is 9.59 Å². The van der Waals surface area contributed by atoms with Gasteiger partial charge in [-0.05, 0) is 59.9 Å². The summed E-state index contributed by atoms with van der Waals surface area (Å²) in [6, 6.07) is 9.56. The molecule has 5 heteroatoms. The molecule has 0 unspecified atom stereocenters. The first kappa shape index (κ1) is 18.2.